The number of carbonyl (C=O) groups excluding carboxylic acids is 4. The summed E-state index contributed by atoms with van der Waals surface area (Å²) in [5, 5.41) is 0. The van der Waals surface area contributed by atoms with Crippen LogP contribution in [0.3, 0.4) is 0 Å². The van der Waals surface area contributed by atoms with E-state index in [4.69, 9.17) is 23.7 Å². The van der Waals surface area contributed by atoms with Gasteiger partial charge in [0, 0.05) is 20.8 Å². The number of ether oxygens (including phenoxy) is 5. The Labute approximate surface area is 220 Å². The molecular formula is C25H25N5O9. The predicted molar refractivity (Wildman–Crippen MR) is 131 cm³/mol. The van der Waals surface area contributed by atoms with Gasteiger partial charge in [-0.25, -0.2) is 19.7 Å². The third-order valence-electron chi connectivity index (χ3n) is 6.09. The second-order valence-electron chi connectivity index (χ2n) is 8.81. The number of imidazole rings is 2. The average Bonchev–Trinajstić information content (AvgIpc) is 3.55. The fourth-order valence-corrected chi connectivity index (χ4v) is 4.57. The van der Waals surface area contributed by atoms with Crippen LogP contribution in [-0.4, -0.2) is 79.3 Å². The molecule has 5 rings (SSSR count). The maximum atomic E-state index is 12.2. The first-order valence-corrected chi connectivity index (χ1v) is 12.1. The molecule has 3 aromatic heterocycles. The third-order valence-corrected chi connectivity index (χ3v) is 6.09. The van der Waals surface area contributed by atoms with Crippen LogP contribution in [0, 0.1) is 0 Å². The molecule has 0 saturated carbocycles. The molecule has 14 nitrogen and oxygen atoms in total. The largest absolute Gasteiger partial charge is 0.463 e. The SMILES string of the molecule is CCOC(=O)c1ccc2nc3c4ncn([C@@H]5O[C@H](COC(C)=O)[C@@H](OC(C)=O)[C@H]5OC(C)=O)c4ncn3c2c1. The van der Waals surface area contributed by atoms with E-state index < -0.39 is 48.4 Å². The van der Waals surface area contributed by atoms with Gasteiger partial charge in [0.05, 0.1) is 29.5 Å². The van der Waals surface area contributed by atoms with Crippen molar-refractivity contribution in [2.75, 3.05) is 13.2 Å². The fraction of sp³-hybridized carbons (Fsp3) is 0.400. The minimum atomic E-state index is -1.09. The zero-order valence-electron chi connectivity index (χ0n) is 21.5. The van der Waals surface area contributed by atoms with Crippen LogP contribution in [0.4, 0.5) is 0 Å². The Bertz CT molecular complexity index is 1610. The van der Waals surface area contributed by atoms with Gasteiger partial charge < -0.3 is 23.7 Å². The molecule has 4 heterocycles. The molecule has 204 valence electrons. The molecule has 0 radical (unpaired) electrons. The Morgan fingerprint density at radius 3 is 2.36 bits per heavy atom. The number of aromatic nitrogens is 5. The molecule has 4 atom stereocenters. The zero-order valence-corrected chi connectivity index (χ0v) is 21.5. The molecule has 1 fully saturated rings. The summed E-state index contributed by atoms with van der Waals surface area (Å²) in [4.78, 5) is 61.2. The van der Waals surface area contributed by atoms with Gasteiger partial charge in [-0.15, -0.1) is 0 Å². The van der Waals surface area contributed by atoms with Crippen LogP contribution in [-0.2, 0) is 38.1 Å². The molecule has 1 aliphatic heterocycles. The van der Waals surface area contributed by atoms with Crippen LogP contribution in [0.1, 0.15) is 44.3 Å². The van der Waals surface area contributed by atoms with Gasteiger partial charge in [0.1, 0.15) is 19.0 Å². The first-order valence-electron chi connectivity index (χ1n) is 12.1. The number of benzene rings is 1. The van der Waals surface area contributed by atoms with Crippen LogP contribution in [0.5, 0.6) is 0 Å². The number of rotatable bonds is 7. The van der Waals surface area contributed by atoms with Gasteiger partial charge in [0.2, 0.25) is 0 Å². The molecule has 0 spiro atoms. The highest BCUT2D eigenvalue weighted by Crippen LogP contribution is 2.36. The first kappa shape index (κ1) is 26.0. The Hall–Kier alpha value is -4.59. The molecule has 1 saturated heterocycles. The summed E-state index contributed by atoms with van der Waals surface area (Å²) in [6, 6.07) is 5.00. The van der Waals surface area contributed by atoms with E-state index in [1.807, 2.05) is 0 Å². The average molecular weight is 540 g/mol. The summed E-state index contributed by atoms with van der Waals surface area (Å²) in [7, 11) is 0. The molecule has 0 unspecified atom stereocenters. The van der Waals surface area contributed by atoms with Gasteiger partial charge in [-0.05, 0) is 25.1 Å². The quantitative estimate of drug-likeness (QED) is 0.247. The van der Waals surface area contributed by atoms with Crippen molar-refractivity contribution < 1.29 is 42.9 Å². The van der Waals surface area contributed by atoms with E-state index in [0.29, 0.717) is 33.4 Å². The van der Waals surface area contributed by atoms with E-state index in [0.717, 1.165) is 0 Å². The lowest BCUT2D eigenvalue weighted by molar-refractivity contribution is -0.166. The van der Waals surface area contributed by atoms with E-state index >= 15 is 0 Å². The molecule has 1 aliphatic rings. The highest BCUT2D eigenvalue weighted by molar-refractivity contribution is 5.97. The lowest BCUT2D eigenvalue weighted by atomic mass is 10.1. The molecule has 0 amide bonds. The van der Waals surface area contributed by atoms with E-state index in [9.17, 15) is 19.2 Å². The van der Waals surface area contributed by atoms with E-state index in [1.54, 1.807) is 29.5 Å². The van der Waals surface area contributed by atoms with Gasteiger partial charge in [-0.1, -0.05) is 0 Å². The number of fused-ring (bicyclic) bond motifs is 5. The molecule has 1 aromatic carbocycles. The van der Waals surface area contributed by atoms with Crippen LogP contribution < -0.4 is 0 Å². The molecule has 4 aromatic rings. The summed E-state index contributed by atoms with van der Waals surface area (Å²) in [6.07, 6.45) is -1.13. The zero-order chi connectivity index (χ0) is 27.8. The van der Waals surface area contributed by atoms with Gasteiger partial charge in [-0.2, -0.15) is 0 Å². The Balaban J connectivity index is 1.58. The van der Waals surface area contributed by atoms with Crippen LogP contribution >= 0.6 is 0 Å². The molecule has 0 aliphatic carbocycles. The standard InChI is InChI=1S/C25H25N5O9/c1-5-35-25(34)15-6-7-16-17(8-15)29-11-27-22-19(23(29)28-16)26-10-30(22)24-21(38-14(4)33)20(37-13(3)32)18(39-24)9-36-12(2)31/h6-8,10-11,18,20-21,24H,5,9H2,1-4H3/t18-,20-,21-,24-/m1/s1. The number of nitrogens with zero attached hydrogens (tertiary/aromatic N) is 5. The summed E-state index contributed by atoms with van der Waals surface area (Å²) in [5.41, 5.74) is 2.83. The number of hydrogen-bond donors (Lipinski definition) is 0. The topological polar surface area (TPSA) is 162 Å². The molecule has 39 heavy (non-hydrogen) atoms. The Kier molecular flexibility index (Phi) is 6.87. The smallest absolute Gasteiger partial charge is 0.338 e. The van der Waals surface area contributed by atoms with Crippen molar-refractivity contribution in [1.29, 1.82) is 0 Å². The highest BCUT2D eigenvalue weighted by Gasteiger charge is 2.51. The molecular weight excluding hydrogens is 514 g/mol. The fourth-order valence-electron chi connectivity index (χ4n) is 4.57. The predicted octanol–water partition coefficient (Wildman–Crippen LogP) is 1.73. The summed E-state index contributed by atoms with van der Waals surface area (Å²) >= 11 is 0. The third kappa shape index (κ3) is 4.85. The van der Waals surface area contributed by atoms with Crippen molar-refractivity contribution in [3.8, 4) is 0 Å². The Morgan fingerprint density at radius 1 is 0.923 bits per heavy atom. The normalized spacial score (nSPS) is 20.8. The van der Waals surface area contributed by atoms with Crippen molar-refractivity contribution in [3.05, 3.63) is 36.4 Å². The van der Waals surface area contributed by atoms with Crippen molar-refractivity contribution in [2.24, 2.45) is 0 Å². The Morgan fingerprint density at radius 2 is 1.67 bits per heavy atom. The lowest BCUT2D eigenvalue weighted by Crippen LogP contribution is -2.40. The minimum Gasteiger partial charge on any atom is -0.463 e. The lowest BCUT2D eigenvalue weighted by Gasteiger charge is -2.23. The maximum Gasteiger partial charge on any atom is 0.338 e. The molecule has 0 N–H and O–H groups in total. The van der Waals surface area contributed by atoms with E-state index in [-0.39, 0.29) is 13.2 Å². The van der Waals surface area contributed by atoms with E-state index in [2.05, 4.69) is 15.0 Å². The second kappa shape index (κ2) is 10.3. The number of esters is 4. The summed E-state index contributed by atoms with van der Waals surface area (Å²) in [6.45, 7) is 5.41. The van der Waals surface area contributed by atoms with Crippen LogP contribution in [0.25, 0.3) is 27.8 Å². The summed E-state index contributed by atoms with van der Waals surface area (Å²) < 4.78 is 30.5. The number of hydrogen-bond acceptors (Lipinski definition) is 12. The van der Waals surface area contributed by atoms with Crippen molar-refractivity contribution in [1.82, 2.24) is 23.9 Å². The van der Waals surface area contributed by atoms with E-state index in [1.165, 1.54) is 38.0 Å². The highest BCUT2D eigenvalue weighted by atomic mass is 16.7. The first-order chi connectivity index (χ1) is 18.7. The van der Waals surface area contributed by atoms with Crippen molar-refractivity contribution in [3.63, 3.8) is 0 Å². The summed E-state index contributed by atoms with van der Waals surface area (Å²) in [5.74, 6) is -2.26. The molecule has 14 heteroatoms. The minimum absolute atomic E-state index is 0.236. The maximum absolute atomic E-state index is 12.2. The monoisotopic (exact) mass is 539 g/mol. The van der Waals surface area contributed by atoms with Gasteiger partial charge in [-0.3, -0.25) is 23.4 Å². The van der Waals surface area contributed by atoms with Crippen LogP contribution in [0.15, 0.2) is 30.9 Å². The van der Waals surface area contributed by atoms with Gasteiger partial charge >= 0.3 is 23.9 Å². The van der Waals surface area contributed by atoms with Crippen molar-refractivity contribution in [2.45, 2.75) is 52.2 Å². The van der Waals surface area contributed by atoms with Crippen molar-refractivity contribution >= 4 is 51.7 Å². The van der Waals surface area contributed by atoms with Gasteiger partial charge in [0.15, 0.2) is 35.2 Å². The molecule has 0 bridgehead atoms. The van der Waals surface area contributed by atoms with Crippen LogP contribution in [0.2, 0.25) is 0 Å². The second-order valence-corrected chi connectivity index (χ2v) is 8.81. The van der Waals surface area contributed by atoms with Gasteiger partial charge in [0.25, 0.3) is 0 Å². The number of carbonyl (C=O) groups is 4.